The third-order valence-electron chi connectivity index (χ3n) is 1.68. The van der Waals surface area contributed by atoms with E-state index in [2.05, 4.69) is 32.9 Å². The normalized spacial score (nSPS) is 9.45. The van der Waals surface area contributed by atoms with Crippen molar-refractivity contribution in [2.75, 3.05) is 0 Å². The second kappa shape index (κ2) is 4.67. The minimum absolute atomic E-state index is 0. The van der Waals surface area contributed by atoms with Crippen molar-refractivity contribution >= 4 is 0 Å². The Hall–Kier alpha value is -0.157. The average molecular weight is 234 g/mol. The molecule has 1 heteroatoms. The maximum atomic E-state index is 3.24. The summed E-state index contributed by atoms with van der Waals surface area (Å²) in [6.45, 7) is 6.52. The number of aryl methyl sites for hydroxylation is 1. The Labute approximate surface area is 81.8 Å². The van der Waals surface area contributed by atoms with Gasteiger partial charge in [0.25, 0.3) is 0 Å². The van der Waals surface area contributed by atoms with E-state index in [1.165, 1.54) is 11.1 Å². The van der Waals surface area contributed by atoms with Gasteiger partial charge in [0.1, 0.15) is 0 Å². The predicted octanol–water partition coefficient (Wildman–Crippen LogP) is 2.92. The summed E-state index contributed by atoms with van der Waals surface area (Å²) in [5, 5.41) is 0. The molecule has 0 spiro atoms. The molecule has 1 aromatic carbocycles. The summed E-state index contributed by atoms with van der Waals surface area (Å²) in [6.07, 6.45) is 0. The quantitative estimate of drug-likeness (QED) is 0.517. The maximum Gasteiger partial charge on any atom is 1.00 e. The smallest absolute Gasteiger partial charge is 0.180 e. The first-order valence-corrected chi connectivity index (χ1v) is 3.69. The molecule has 1 rings (SSSR count). The Morgan fingerprint density at radius 2 is 2.00 bits per heavy atom. The van der Waals surface area contributed by atoms with Gasteiger partial charge in [0, 0.05) is 0 Å². The van der Waals surface area contributed by atoms with Gasteiger partial charge < -0.3 is 0 Å². The molecule has 11 heavy (non-hydrogen) atoms. The minimum Gasteiger partial charge on any atom is -0.180 e. The van der Waals surface area contributed by atoms with E-state index < -0.39 is 0 Å². The molecule has 0 unspecified atom stereocenters. The molecule has 1 radical (unpaired) electrons. The molecule has 0 saturated carbocycles. The summed E-state index contributed by atoms with van der Waals surface area (Å²) in [6, 6.07) is 9.37. The average Bonchev–Trinajstić information content (AvgIpc) is 1.88. The molecule has 1 aromatic rings. The van der Waals surface area contributed by atoms with Crippen LogP contribution in [0, 0.1) is 13.0 Å². The first-order chi connectivity index (χ1) is 4.72. The van der Waals surface area contributed by atoms with Crippen molar-refractivity contribution in [1.29, 1.82) is 0 Å². The van der Waals surface area contributed by atoms with Crippen LogP contribution in [-0.2, 0) is 19.5 Å². The molecule has 0 aliphatic carbocycles. The number of hydrogen-bond donors (Lipinski definition) is 0. The van der Waals surface area contributed by atoms with Gasteiger partial charge in [0.15, 0.2) is 0 Å². The predicted molar refractivity (Wildman–Crippen MR) is 44.1 cm³/mol. The first-order valence-electron chi connectivity index (χ1n) is 3.69. The second-order valence-corrected chi connectivity index (χ2v) is 2.92. The third-order valence-corrected chi connectivity index (χ3v) is 1.68. The maximum absolute atomic E-state index is 3.24. The summed E-state index contributed by atoms with van der Waals surface area (Å²) in [5.74, 6) is 0.598. The molecule has 0 aromatic heterocycles. The van der Waals surface area contributed by atoms with Crippen molar-refractivity contribution in [3.05, 3.63) is 35.4 Å². The van der Waals surface area contributed by atoms with Gasteiger partial charge >= 0.3 is 19.5 Å². The van der Waals surface area contributed by atoms with Crippen LogP contribution in [0.2, 0.25) is 0 Å². The van der Waals surface area contributed by atoms with E-state index in [4.69, 9.17) is 0 Å². The monoisotopic (exact) mass is 235 g/mol. The number of benzene rings is 1. The van der Waals surface area contributed by atoms with E-state index in [0.29, 0.717) is 5.92 Å². The van der Waals surface area contributed by atoms with Crippen LogP contribution in [0.25, 0.3) is 0 Å². The Balaban J connectivity index is 0.000001000. The first kappa shape index (κ1) is 10.8. The van der Waals surface area contributed by atoms with Crippen LogP contribution in [0.4, 0.5) is 0 Å². The fourth-order valence-electron chi connectivity index (χ4n) is 1.16. The van der Waals surface area contributed by atoms with Crippen LogP contribution < -0.4 is 0 Å². The van der Waals surface area contributed by atoms with Gasteiger partial charge in [-0.1, -0.05) is 20.8 Å². The Bertz CT molecular complexity index is 216. The van der Waals surface area contributed by atoms with Gasteiger partial charge in [0.2, 0.25) is 0 Å². The molecule has 0 fully saturated rings. The van der Waals surface area contributed by atoms with E-state index in [9.17, 15) is 0 Å². The summed E-state index contributed by atoms with van der Waals surface area (Å²) < 4.78 is 0. The Morgan fingerprint density at radius 3 is 2.36 bits per heavy atom. The van der Waals surface area contributed by atoms with Crippen LogP contribution >= 0.6 is 0 Å². The Kier molecular flexibility index (Phi) is 4.60. The largest absolute Gasteiger partial charge is 1.00 e. The molecule has 0 N–H and O–H groups in total. The number of rotatable bonds is 1. The van der Waals surface area contributed by atoms with E-state index in [-0.39, 0.29) is 19.5 Å². The van der Waals surface area contributed by atoms with Crippen molar-refractivity contribution in [2.45, 2.75) is 26.7 Å². The third kappa shape index (κ3) is 2.75. The van der Waals surface area contributed by atoms with Crippen LogP contribution in [0.1, 0.15) is 30.9 Å². The van der Waals surface area contributed by atoms with Gasteiger partial charge in [-0.3, -0.25) is 0 Å². The van der Waals surface area contributed by atoms with Crippen molar-refractivity contribution in [3.8, 4) is 0 Å². The van der Waals surface area contributed by atoms with E-state index in [0.717, 1.165) is 0 Å². The van der Waals surface area contributed by atoms with Gasteiger partial charge in [-0.15, -0.1) is 0 Å². The fraction of sp³-hybridized carbons (Fsp3) is 0.400. The van der Waals surface area contributed by atoms with Crippen molar-refractivity contribution in [3.63, 3.8) is 0 Å². The standard InChI is InChI=1S/C10H13.Ru/c1-8(2)10-7-5-4-6-9(10)3;/h4-6,8H,1-3H3;/q-1;+1. The van der Waals surface area contributed by atoms with Crippen molar-refractivity contribution in [1.82, 2.24) is 0 Å². The summed E-state index contributed by atoms with van der Waals surface area (Å²) in [4.78, 5) is 0. The van der Waals surface area contributed by atoms with Crippen LogP contribution in [0.15, 0.2) is 18.2 Å². The molecule has 0 saturated heterocycles. The molecule has 0 heterocycles. The second-order valence-electron chi connectivity index (χ2n) is 2.92. The van der Waals surface area contributed by atoms with E-state index in [1.54, 1.807) is 0 Å². The van der Waals surface area contributed by atoms with E-state index >= 15 is 0 Å². The van der Waals surface area contributed by atoms with Gasteiger partial charge in [-0.25, -0.2) is 0 Å². The van der Waals surface area contributed by atoms with Gasteiger partial charge in [-0.05, 0) is 5.92 Å². The van der Waals surface area contributed by atoms with Crippen LogP contribution in [-0.4, -0.2) is 0 Å². The SMILES string of the molecule is Cc1ccc[c-]c1C(C)C.[Ru+]. The molecule has 0 atom stereocenters. The molecular formula is C10H13Ru. The van der Waals surface area contributed by atoms with Crippen LogP contribution in [0.5, 0.6) is 0 Å². The number of hydrogen-bond acceptors (Lipinski definition) is 0. The summed E-state index contributed by atoms with van der Waals surface area (Å²) in [5.41, 5.74) is 2.68. The summed E-state index contributed by atoms with van der Waals surface area (Å²) >= 11 is 0. The zero-order valence-electron chi connectivity index (χ0n) is 7.16. The molecule has 61 valence electrons. The van der Waals surface area contributed by atoms with E-state index in [1.807, 2.05) is 12.1 Å². The molecule has 0 bridgehead atoms. The molecule has 0 aliphatic heterocycles. The summed E-state index contributed by atoms with van der Waals surface area (Å²) in [7, 11) is 0. The molecular weight excluding hydrogens is 221 g/mol. The molecule has 0 aliphatic rings. The molecule has 0 amide bonds. The fourth-order valence-corrected chi connectivity index (χ4v) is 1.16. The van der Waals surface area contributed by atoms with Crippen molar-refractivity contribution in [2.24, 2.45) is 0 Å². The zero-order valence-corrected chi connectivity index (χ0v) is 8.90. The minimum atomic E-state index is 0. The Morgan fingerprint density at radius 1 is 1.36 bits per heavy atom. The molecule has 0 nitrogen and oxygen atoms in total. The van der Waals surface area contributed by atoms with Gasteiger partial charge in [-0.2, -0.15) is 35.4 Å². The topological polar surface area (TPSA) is 0 Å². The zero-order chi connectivity index (χ0) is 7.56. The van der Waals surface area contributed by atoms with Gasteiger partial charge in [0.05, 0.1) is 0 Å². The van der Waals surface area contributed by atoms with Crippen LogP contribution in [0.3, 0.4) is 0 Å². The van der Waals surface area contributed by atoms with Crippen molar-refractivity contribution < 1.29 is 19.5 Å².